The van der Waals surface area contributed by atoms with Crippen LogP contribution < -0.4 is 0 Å². The molecule has 0 unspecified atom stereocenters. The van der Waals surface area contributed by atoms with Crippen molar-refractivity contribution in [3.8, 4) is 11.8 Å². The largest absolute Gasteiger partial charge is 0.507 e. The van der Waals surface area contributed by atoms with E-state index in [4.69, 9.17) is 16.9 Å². The minimum absolute atomic E-state index is 0.000664. The number of rotatable bonds is 1. The van der Waals surface area contributed by atoms with Gasteiger partial charge in [0.25, 0.3) is 0 Å². The smallest absolute Gasteiger partial charge is 0.165 e. The first-order valence-electron chi connectivity index (χ1n) is 3.50. The molecule has 0 aromatic heterocycles. The van der Waals surface area contributed by atoms with E-state index in [0.717, 1.165) is 0 Å². The Morgan fingerprint density at radius 2 is 2.23 bits per heavy atom. The van der Waals surface area contributed by atoms with E-state index in [1.165, 1.54) is 19.1 Å². The highest BCUT2D eigenvalue weighted by Gasteiger charge is 2.14. The average Bonchev–Trinajstić information content (AvgIpc) is 2.04. The van der Waals surface area contributed by atoms with Crippen LogP contribution >= 0.6 is 11.6 Å². The number of ketones is 1. The lowest BCUT2D eigenvalue weighted by atomic mass is 10.1. The van der Waals surface area contributed by atoms with Gasteiger partial charge in [0, 0.05) is 0 Å². The SMILES string of the molecule is CC(=O)c1c(O)ccc(C#N)c1Cl. The molecule has 1 rings (SSSR count). The molecule has 4 heteroatoms. The third kappa shape index (κ3) is 1.63. The van der Waals surface area contributed by atoms with Gasteiger partial charge in [-0.15, -0.1) is 0 Å². The summed E-state index contributed by atoms with van der Waals surface area (Å²) in [6.07, 6.45) is 0. The number of carbonyl (C=O) groups is 1. The van der Waals surface area contributed by atoms with Crippen molar-refractivity contribution in [1.29, 1.82) is 5.26 Å². The third-order valence-electron chi connectivity index (χ3n) is 1.59. The number of benzene rings is 1. The van der Waals surface area contributed by atoms with Crippen molar-refractivity contribution in [2.24, 2.45) is 0 Å². The molecule has 0 saturated heterocycles. The Kier molecular flexibility index (Phi) is 2.54. The maximum absolute atomic E-state index is 11.0. The van der Waals surface area contributed by atoms with Crippen molar-refractivity contribution in [1.82, 2.24) is 0 Å². The number of aromatic hydroxyl groups is 1. The predicted molar refractivity (Wildman–Crippen MR) is 47.8 cm³/mol. The van der Waals surface area contributed by atoms with Gasteiger partial charge in [-0.2, -0.15) is 5.26 Å². The van der Waals surface area contributed by atoms with Crippen LogP contribution in [0, 0.1) is 11.3 Å². The van der Waals surface area contributed by atoms with Crippen LogP contribution in [-0.2, 0) is 0 Å². The molecule has 0 aliphatic carbocycles. The van der Waals surface area contributed by atoms with Crippen molar-refractivity contribution in [3.63, 3.8) is 0 Å². The fraction of sp³-hybridized carbons (Fsp3) is 0.111. The molecule has 3 nitrogen and oxygen atoms in total. The molecular weight excluding hydrogens is 190 g/mol. The number of nitrogens with zero attached hydrogens (tertiary/aromatic N) is 1. The van der Waals surface area contributed by atoms with E-state index in [0.29, 0.717) is 0 Å². The predicted octanol–water partition coefficient (Wildman–Crippen LogP) is 2.12. The fourth-order valence-corrected chi connectivity index (χ4v) is 1.32. The second kappa shape index (κ2) is 3.46. The van der Waals surface area contributed by atoms with Crippen LogP contribution in [0.15, 0.2) is 12.1 Å². The Hall–Kier alpha value is -1.53. The average molecular weight is 196 g/mol. The third-order valence-corrected chi connectivity index (χ3v) is 1.99. The highest BCUT2D eigenvalue weighted by molar-refractivity contribution is 6.35. The summed E-state index contributed by atoms with van der Waals surface area (Å²) in [5, 5.41) is 17.9. The van der Waals surface area contributed by atoms with Gasteiger partial charge in [-0.05, 0) is 19.1 Å². The van der Waals surface area contributed by atoms with Crippen LogP contribution in [0.1, 0.15) is 22.8 Å². The maximum Gasteiger partial charge on any atom is 0.165 e. The van der Waals surface area contributed by atoms with Crippen LogP contribution in [0.2, 0.25) is 5.02 Å². The molecule has 0 heterocycles. The van der Waals surface area contributed by atoms with Crippen LogP contribution in [-0.4, -0.2) is 10.9 Å². The molecule has 0 spiro atoms. The minimum Gasteiger partial charge on any atom is -0.507 e. The van der Waals surface area contributed by atoms with Gasteiger partial charge in [0.05, 0.1) is 16.1 Å². The molecule has 0 bridgehead atoms. The molecule has 0 atom stereocenters. The highest BCUT2D eigenvalue weighted by Crippen LogP contribution is 2.28. The first-order valence-corrected chi connectivity index (χ1v) is 3.88. The molecule has 0 aliphatic heterocycles. The fourth-order valence-electron chi connectivity index (χ4n) is 0.987. The lowest BCUT2D eigenvalue weighted by Crippen LogP contribution is -1.95. The molecule has 0 amide bonds. The van der Waals surface area contributed by atoms with E-state index in [1.807, 2.05) is 6.07 Å². The summed E-state index contributed by atoms with van der Waals surface area (Å²) in [6, 6.07) is 4.47. The van der Waals surface area contributed by atoms with Gasteiger partial charge in [0.15, 0.2) is 5.78 Å². The second-order valence-electron chi connectivity index (χ2n) is 2.49. The van der Waals surface area contributed by atoms with E-state index >= 15 is 0 Å². The number of phenols is 1. The summed E-state index contributed by atoms with van der Waals surface area (Å²) in [5.41, 5.74) is 0.186. The zero-order valence-electron chi connectivity index (χ0n) is 6.84. The van der Waals surface area contributed by atoms with Crippen molar-refractivity contribution in [2.75, 3.05) is 0 Å². The summed E-state index contributed by atoms with van der Waals surface area (Å²) < 4.78 is 0. The van der Waals surface area contributed by atoms with Gasteiger partial charge in [0.1, 0.15) is 11.8 Å². The summed E-state index contributed by atoms with van der Waals surface area (Å²) in [5.74, 6) is -0.559. The summed E-state index contributed by atoms with van der Waals surface area (Å²) in [4.78, 5) is 11.0. The number of halogens is 1. The Morgan fingerprint density at radius 1 is 1.62 bits per heavy atom. The molecule has 66 valence electrons. The van der Waals surface area contributed by atoms with Gasteiger partial charge < -0.3 is 5.11 Å². The molecule has 1 aromatic carbocycles. The molecule has 0 aliphatic rings. The maximum atomic E-state index is 11.0. The molecule has 0 fully saturated rings. The molecule has 0 radical (unpaired) electrons. The lowest BCUT2D eigenvalue weighted by Gasteiger charge is -2.03. The van der Waals surface area contributed by atoms with Crippen molar-refractivity contribution >= 4 is 17.4 Å². The van der Waals surface area contributed by atoms with E-state index in [2.05, 4.69) is 0 Å². The minimum atomic E-state index is -0.361. The molecule has 1 N–H and O–H groups in total. The van der Waals surface area contributed by atoms with Gasteiger partial charge in [0.2, 0.25) is 0 Å². The van der Waals surface area contributed by atoms with Gasteiger partial charge in [-0.1, -0.05) is 11.6 Å². The quantitative estimate of drug-likeness (QED) is 0.699. The summed E-state index contributed by atoms with van der Waals surface area (Å²) in [6.45, 7) is 1.28. The monoisotopic (exact) mass is 195 g/mol. The number of hydrogen-bond acceptors (Lipinski definition) is 3. The van der Waals surface area contributed by atoms with Crippen LogP contribution in [0.25, 0.3) is 0 Å². The highest BCUT2D eigenvalue weighted by atomic mass is 35.5. The molecule has 13 heavy (non-hydrogen) atoms. The Balaban J connectivity index is 3.50. The zero-order valence-corrected chi connectivity index (χ0v) is 7.59. The van der Waals surface area contributed by atoms with Crippen molar-refractivity contribution in [2.45, 2.75) is 6.92 Å². The number of hydrogen-bond donors (Lipinski definition) is 1. The number of phenolic OH excluding ortho intramolecular Hbond substituents is 1. The van der Waals surface area contributed by atoms with Gasteiger partial charge >= 0.3 is 0 Å². The zero-order chi connectivity index (χ0) is 10.0. The van der Waals surface area contributed by atoms with Crippen LogP contribution in [0.3, 0.4) is 0 Å². The molecular formula is C9H6ClNO2. The number of nitriles is 1. The first kappa shape index (κ1) is 9.56. The van der Waals surface area contributed by atoms with E-state index in [-0.39, 0.29) is 27.7 Å². The standard InChI is InChI=1S/C9H6ClNO2/c1-5(12)8-7(13)3-2-6(4-11)9(8)10/h2-3,13H,1H3. The van der Waals surface area contributed by atoms with E-state index in [1.54, 1.807) is 0 Å². The van der Waals surface area contributed by atoms with Crippen LogP contribution in [0.4, 0.5) is 0 Å². The number of carbonyl (C=O) groups excluding carboxylic acids is 1. The summed E-state index contributed by atoms with van der Waals surface area (Å²) in [7, 11) is 0. The Morgan fingerprint density at radius 3 is 2.69 bits per heavy atom. The van der Waals surface area contributed by atoms with Gasteiger partial charge in [-0.25, -0.2) is 0 Å². The lowest BCUT2D eigenvalue weighted by molar-refractivity contribution is 0.101. The van der Waals surface area contributed by atoms with Crippen LogP contribution in [0.5, 0.6) is 5.75 Å². The Labute approximate surface area is 80.2 Å². The van der Waals surface area contributed by atoms with E-state index in [9.17, 15) is 9.90 Å². The second-order valence-corrected chi connectivity index (χ2v) is 2.87. The van der Waals surface area contributed by atoms with Crippen molar-refractivity contribution in [3.05, 3.63) is 28.3 Å². The Bertz CT molecular complexity index is 407. The van der Waals surface area contributed by atoms with E-state index < -0.39 is 0 Å². The van der Waals surface area contributed by atoms with Crippen molar-refractivity contribution < 1.29 is 9.90 Å². The normalized spacial score (nSPS) is 9.31. The van der Waals surface area contributed by atoms with Gasteiger partial charge in [-0.3, -0.25) is 4.79 Å². The first-order chi connectivity index (χ1) is 6.07. The number of Topliss-reactive ketones (excluding diaryl/α,β-unsaturated/α-hetero) is 1. The summed E-state index contributed by atoms with van der Waals surface area (Å²) >= 11 is 5.71. The molecule has 0 saturated carbocycles. The molecule has 1 aromatic rings. The topological polar surface area (TPSA) is 61.1 Å².